The monoisotopic (exact) mass is 287 g/mol. The van der Waals surface area contributed by atoms with Crippen molar-refractivity contribution in [1.29, 1.82) is 0 Å². The van der Waals surface area contributed by atoms with E-state index < -0.39 is 0 Å². The van der Waals surface area contributed by atoms with Crippen LogP contribution in [0, 0.1) is 0 Å². The Morgan fingerprint density at radius 1 is 1.24 bits per heavy atom. The molecule has 4 nitrogen and oxygen atoms in total. The van der Waals surface area contributed by atoms with E-state index in [1.807, 2.05) is 0 Å². The van der Waals surface area contributed by atoms with Gasteiger partial charge in [-0.3, -0.25) is 0 Å². The van der Waals surface area contributed by atoms with Crippen LogP contribution in [0.4, 0.5) is 0 Å². The van der Waals surface area contributed by atoms with Crippen LogP contribution in [0.1, 0.15) is 37.9 Å². The van der Waals surface area contributed by atoms with Crippen molar-refractivity contribution < 1.29 is 4.74 Å². The van der Waals surface area contributed by atoms with Gasteiger partial charge in [0.05, 0.1) is 17.6 Å². The number of nitrogens with two attached hydrogens (primary N) is 1. The lowest BCUT2D eigenvalue weighted by Crippen LogP contribution is -2.40. The highest BCUT2D eigenvalue weighted by molar-refractivity contribution is 5.76. The molecule has 1 aliphatic carbocycles. The number of methoxy groups -OCH3 is 1. The summed E-state index contributed by atoms with van der Waals surface area (Å²) in [6, 6.07) is 8.37. The third-order valence-electron chi connectivity index (χ3n) is 4.85. The maximum absolute atomic E-state index is 6.21. The molecule has 0 aliphatic heterocycles. The second-order valence-electron chi connectivity index (χ2n) is 6.11. The van der Waals surface area contributed by atoms with Crippen molar-refractivity contribution in [3.8, 4) is 0 Å². The van der Waals surface area contributed by atoms with E-state index >= 15 is 0 Å². The Hall–Kier alpha value is -1.39. The quantitative estimate of drug-likeness (QED) is 0.920. The molecule has 0 saturated heterocycles. The van der Waals surface area contributed by atoms with Gasteiger partial charge in [0.25, 0.3) is 0 Å². The van der Waals surface area contributed by atoms with Crippen LogP contribution in [0.2, 0.25) is 0 Å². The van der Waals surface area contributed by atoms with Crippen molar-refractivity contribution in [1.82, 2.24) is 9.55 Å². The SMILES string of the molecule is COCCn1c(C2(CN)CCCCC2)nc2ccccc21. The first-order valence-corrected chi connectivity index (χ1v) is 7.95. The van der Waals surface area contributed by atoms with Crippen LogP contribution in [0.5, 0.6) is 0 Å². The van der Waals surface area contributed by atoms with E-state index in [9.17, 15) is 0 Å². The summed E-state index contributed by atoms with van der Waals surface area (Å²) in [5.74, 6) is 1.17. The molecule has 2 aromatic rings. The summed E-state index contributed by atoms with van der Waals surface area (Å²) >= 11 is 0. The van der Waals surface area contributed by atoms with Crippen molar-refractivity contribution in [3.05, 3.63) is 30.1 Å². The topological polar surface area (TPSA) is 53.1 Å². The molecule has 4 heteroatoms. The average Bonchev–Trinajstić information content (AvgIpc) is 2.93. The van der Waals surface area contributed by atoms with Crippen LogP contribution in [-0.2, 0) is 16.7 Å². The Morgan fingerprint density at radius 2 is 2.00 bits per heavy atom. The largest absolute Gasteiger partial charge is 0.383 e. The summed E-state index contributed by atoms with van der Waals surface area (Å²) in [5.41, 5.74) is 8.52. The molecule has 1 aliphatic rings. The van der Waals surface area contributed by atoms with Crippen molar-refractivity contribution in [2.75, 3.05) is 20.3 Å². The Bertz CT molecular complexity index is 599. The molecule has 0 amide bonds. The summed E-state index contributed by atoms with van der Waals surface area (Å²) in [6.45, 7) is 2.23. The zero-order valence-electron chi connectivity index (χ0n) is 12.8. The van der Waals surface area contributed by atoms with E-state index in [0.29, 0.717) is 13.2 Å². The molecule has 1 aromatic heterocycles. The molecule has 0 atom stereocenters. The molecule has 0 radical (unpaired) electrons. The standard InChI is InChI=1S/C17H25N3O/c1-21-12-11-20-15-8-4-3-7-14(15)19-16(20)17(13-18)9-5-2-6-10-17/h3-4,7-8H,2,5-6,9-13,18H2,1H3. The number of para-hydroxylation sites is 2. The van der Waals surface area contributed by atoms with Gasteiger partial charge < -0.3 is 15.0 Å². The van der Waals surface area contributed by atoms with Crippen LogP contribution < -0.4 is 5.73 Å². The fourth-order valence-corrected chi connectivity index (χ4v) is 3.64. The number of fused-ring (bicyclic) bond motifs is 1. The number of benzene rings is 1. The van der Waals surface area contributed by atoms with Crippen LogP contribution in [0.15, 0.2) is 24.3 Å². The first-order chi connectivity index (χ1) is 10.3. The molecule has 0 spiro atoms. The highest BCUT2D eigenvalue weighted by atomic mass is 16.5. The number of hydrogen-bond acceptors (Lipinski definition) is 3. The molecule has 114 valence electrons. The van der Waals surface area contributed by atoms with Gasteiger partial charge in [0.2, 0.25) is 0 Å². The van der Waals surface area contributed by atoms with Crippen LogP contribution in [0.25, 0.3) is 11.0 Å². The number of ether oxygens (including phenoxy) is 1. The molecule has 1 fully saturated rings. The minimum atomic E-state index is 0.0466. The number of hydrogen-bond donors (Lipinski definition) is 1. The molecule has 2 N–H and O–H groups in total. The van der Waals surface area contributed by atoms with E-state index in [1.165, 1.54) is 30.6 Å². The van der Waals surface area contributed by atoms with Gasteiger partial charge in [-0.05, 0) is 25.0 Å². The van der Waals surface area contributed by atoms with Crippen LogP contribution >= 0.6 is 0 Å². The molecule has 1 aromatic carbocycles. The van der Waals surface area contributed by atoms with Gasteiger partial charge in [-0.2, -0.15) is 0 Å². The summed E-state index contributed by atoms with van der Waals surface area (Å²) in [7, 11) is 1.75. The fraction of sp³-hybridized carbons (Fsp3) is 0.588. The van der Waals surface area contributed by atoms with Gasteiger partial charge in [-0.15, -0.1) is 0 Å². The predicted octanol–water partition coefficient (Wildman–Crippen LogP) is 2.84. The van der Waals surface area contributed by atoms with E-state index in [4.69, 9.17) is 15.5 Å². The maximum Gasteiger partial charge on any atom is 0.117 e. The first kappa shape index (κ1) is 14.5. The molecular formula is C17H25N3O. The third-order valence-corrected chi connectivity index (χ3v) is 4.85. The Morgan fingerprint density at radius 3 is 2.71 bits per heavy atom. The van der Waals surface area contributed by atoms with Gasteiger partial charge in [-0.1, -0.05) is 31.4 Å². The lowest BCUT2D eigenvalue weighted by atomic mass is 9.73. The van der Waals surface area contributed by atoms with Gasteiger partial charge in [0.15, 0.2) is 0 Å². The summed E-state index contributed by atoms with van der Waals surface area (Å²) in [5, 5.41) is 0. The van der Waals surface area contributed by atoms with Gasteiger partial charge >= 0.3 is 0 Å². The normalized spacial score (nSPS) is 18.2. The second-order valence-corrected chi connectivity index (χ2v) is 6.11. The molecule has 21 heavy (non-hydrogen) atoms. The minimum Gasteiger partial charge on any atom is -0.383 e. The van der Waals surface area contributed by atoms with Crippen LogP contribution in [0.3, 0.4) is 0 Å². The zero-order valence-corrected chi connectivity index (χ0v) is 12.8. The van der Waals surface area contributed by atoms with Gasteiger partial charge in [-0.25, -0.2) is 4.98 Å². The maximum atomic E-state index is 6.21. The summed E-state index contributed by atoms with van der Waals surface area (Å²) < 4.78 is 7.62. The number of aromatic nitrogens is 2. The Labute approximate surface area is 126 Å². The van der Waals surface area contributed by atoms with E-state index in [0.717, 1.165) is 24.9 Å². The molecule has 1 heterocycles. The predicted molar refractivity (Wildman–Crippen MR) is 85.4 cm³/mol. The molecule has 0 bridgehead atoms. The van der Waals surface area contributed by atoms with Gasteiger partial charge in [0, 0.05) is 25.6 Å². The number of nitrogens with zero attached hydrogens (tertiary/aromatic N) is 2. The zero-order chi connectivity index (χ0) is 14.7. The lowest BCUT2D eigenvalue weighted by Gasteiger charge is -2.36. The van der Waals surface area contributed by atoms with Gasteiger partial charge in [0.1, 0.15) is 5.82 Å². The third kappa shape index (κ3) is 2.58. The van der Waals surface area contributed by atoms with Crippen molar-refractivity contribution in [3.63, 3.8) is 0 Å². The van der Waals surface area contributed by atoms with Crippen molar-refractivity contribution >= 4 is 11.0 Å². The minimum absolute atomic E-state index is 0.0466. The average molecular weight is 287 g/mol. The smallest absolute Gasteiger partial charge is 0.117 e. The molecule has 0 unspecified atom stereocenters. The highest BCUT2D eigenvalue weighted by Crippen LogP contribution is 2.39. The van der Waals surface area contributed by atoms with E-state index in [-0.39, 0.29) is 5.41 Å². The summed E-state index contributed by atoms with van der Waals surface area (Å²) in [6.07, 6.45) is 6.13. The number of imidazole rings is 1. The number of rotatable bonds is 5. The first-order valence-electron chi connectivity index (χ1n) is 7.95. The Kier molecular flexibility index (Phi) is 4.27. The lowest BCUT2D eigenvalue weighted by molar-refractivity contribution is 0.183. The van der Waals surface area contributed by atoms with Crippen molar-refractivity contribution in [2.45, 2.75) is 44.1 Å². The Balaban J connectivity index is 2.10. The fourth-order valence-electron chi connectivity index (χ4n) is 3.64. The van der Waals surface area contributed by atoms with E-state index in [2.05, 4.69) is 28.8 Å². The molecule has 3 rings (SSSR count). The van der Waals surface area contributed by atoms with Crippen molar-refractivity contribution in [2.24, 2.45) is 5.73 Å². The summed E-state index contributed by atoms with van der Waals surface area (Å²) in [4.78, 5) is 4.96. The molecular weight excluding hydrogens is 262 g/mol. The molecule has 1 saturated carbocycles. The van der Waals surface area contributed by atoms with E-state index in [1.54, 1.807) is 7.11 Å². The van der Waals surface area contributed by atoms with Crippen LogP contribution in [-0.4, -0.2) is 29.8 Å². The second kappa shape index (κ2) is 6.16. The highest BCUT2D eigenvalue weighted by Gasteiger charge is 2.37.